The molecule has 220 valence electrons. The van der Waals surface area contributed by atoms with E-state index >= 15 is 0 Å². The summed E-state index contributed by atoms with van der Waals surface area (Å²) in [6, 6.07) is 34.8. The summed E-state index contributed by atoms with van der Waals surface area (Å²) < 4.78 is 9.04. The molecule has 0 saturated heterocycles. The third-order valence-corrected chi connectivity index (χ3v) is 7.49. The van der Waals surface area contributed by atoms with Gasteiger partial charge in [-0.1, -0.05) is 72.8 Å². The molecular formula is C35H31N5O4. The van der Waals surface area contributed by atoms with Crippen LogP contribution >= 0.6 is 0 Å². The molecule has 9 nitrogen and oxygen atoms in total. The van der Waals surface area contributed by atoms with Gasteiger partial charge in [0.1, 0.15) is 5.75 Å². The Bertz CT molecular complexity index is 1930. The second kappa shape index (κ2) is 12.2. The number of hydrogen-bond acceptors (Lipinski definition) is 4. The first-order chi connectivity index (χ1) is 21.4. The molecule has 2 aromatic heterocycles. The van der Waals surface area contributed by atoms with Crippen LogP contribution in [0.3, 0.4) is 0 Å². The number of aromatic amines is 2. The van der Waals surface area contributed by atoms with E-state index < -0.39 is 5.92 Å². The van der Waals surface area contributed by atoms with E-state index in [1.165, 1.54) is 9.36 Å². The van der Waals surface area contributed by atoms with E-state index in [1.807, 2.05) is 105 Å². The number of H-pyrrole nitrogens is 2. The maximum atomic E-state index is 14.2. The van der Waals surface area contributed by atoms with Crippen LogP contribution in [-0.4, -0.2) is 32.1 Å². The normalized spacial score (nSPS) is 11.1. The fourth-order valence-electron chi connectivity index (χ4n) is 5.48. The van der Waals surface area contributed by atoms with Crippen LogP contribution in [0.15, 0.2) is 125 Å². The molecule has 6 rings (SSSR count). The minimum absolute atomic E-state index is 0.265. The fourth-order valence-corrected chi connectivity index (χ4v) is 5.48. The van der Waals surface area contributed by atoms with Gasteiger partial charge in [-0.3, -0.25) is 24.6 Å². The molecule has 2 heterocycles. The molecule has 44 heavy (non-hydrogen) atoms. The summed E-state index contributed by atoms with van der Waals surface area (Å²) in [4.78, 5) is 41.1. The molecule has 0 saturated carbocycles. The first kappa shape index (κ1) is 28.3. The highest BCUT2D eigenvalue weighted by molar-refractivity contribution is 5.91. The monoisotopic (exact) mass is 585 g/mol. The number of carbonyl (C=O) groups is 1. The van der Waals surface area contributed by atoms with Crippen molar-refractivity contribution in [3.8, 4) is 17.1 Å². The Morgan fingerprint density at radius 3 is 1.66 bits per heavy atom. The van der Waals surface area contributed by atoms with Crippen LogP contribution in [0.2, 0.25) is 0 Å². The standard InChI is InChI=1S/C35H31N5O4/c1-23-31(34(42)39(37-23)26-16-8-4-9-17-26)33(32-24(2)38-40(35(32)43)27-18-10-5-11-19-27)28-20-12-13-21-29(28)44-22-30(41)36-25-14-6-3-7-15-25/h3-21,33,37-38H,22H2,1-2H3,(H,36,41). The average Bonchev–Trinajstić information content (AvgIpc) is 3.52. The lowest BCUT2D eigenvalue weighted by Gasteiger charge is -2.19. The molecule has 6 aromatic rings. The number of hydrogen-bond donors (Lipinski definition) is 3. The smallest absolute Gasteiger partial charge is 0.275 e. The van der Waals surface area contributed by atoms with Gasteiger partial charge in [-0.2, -0.15) is 0 Å². The summed E-state index contributed by atoms with van der Waals surface area (Å²) >= 11 is 0. The molecular weight excluding hydrogens is 554 g/mol. The van der Waals surface area contributed by atoms with Gasteiger partial charge < -0.3 is 10.1 Å². The van der Waals surface area contributed by atoms with E-state index in [4.69, 9.17) is 4.74 Å². The predicted molar refractivity (Wildman–Crippen MR) is 170 cm³/mol. The van der Waals surface area contributed by atoms with Crippen molar-refractivity contribution < 1.29 is 9.53 Å². The first-order valence-electron chi connectivity index (χ1n) is 14.2. The van der Waals surface area contributed by atoms with Gasteiger partial charge in [0.05, 0.1) is 28.4 Å². The maximum Gasteiger partial charge on any atom is 0.275 e. The fraction of sp³-hybridized carbons (Fsp3) is 0.114. The SMILES string of the molecule is Cc1[nH]n(-c2ccccc2)c(=O)c1C(c1ccccc1OCC(=O)Nc1ccccc1)c1c(C)[nH]n(-c2ccccc2)c1=O. The number of ether oxygens (including phenoxy) is 1. The van der Waals surface area contributed by atoms with Crippen LogP contribution in [0, 0.1) is 13.8 Å². The van der Waals surface area contributed by atoms with Crippen molar-refractivity contribution >= 4 is 11.6 Å². The Hall–Kier alpha value is -5.83. The minimum Gasteiger partial charge on any atom is -0.483 e. The Labute approximate surface area is 253 Å². The molecule has 9 heteroatoms. The highest BCUT2D eigenvalue weighted by atomic mass is 16.5. The number of nitrogens with zero attached hydrogens (tertiary/aromatic N) is 2. The van der Waals surface area contributed by atoms with Crippen LogP contribution < -0.4 is 21.2 Å². The number of anilines is 1. The van der Waals surface area contributed by atoms with Crippen molar-refractivity contribution in [2.24, 2.45) is 0 Å². The molecule has 0 atom stereocenters. The van der Waals surface area contributed by atoms with E-state index in [-0.39, 0.29) is 23.6 Å². The summed E-state index contributed by atoms with van der Waals surface area (Å²) in [6.07, 6.45) is 0. The van der Waals surface area contributed by atoms with Gasteiger partial charge in [0.15, 0.2) is 6.61 Å². The third-order valence-electron chi connectivity index (χ3n) is 7.49. The summed E-state index contributed by atoms with van der Waals surface area (Å²) in [5, 5.41) is 9.23. The molecule has 0 radical (unpaired) electrons. The van der Waals surface area contributed by atoms with E-state index in [9.17, 15) is 14.4 Å². The number of aromatic nitrogens is 4. The third kappa shape index (κ3) is 5.50. The van der Waals surface area contributed by atoms with E-state index in [0.29, 0.717) is 50.9 Å². The number of benzene rings is 4. The second-order valence-corrected chi connectivity index (χ2v) is 10.4. The van der Waals surface area contributed by atoms with E-state index in [2.05, 4.69) is 15.5 Å². The number of amides is 1. The highest BCUT2D eigenvalue weighted by Crippen LogP contribution is 2.37. The lowest BCUT2D eigenvalue weighted by molar-refractivity contribution is -0.118. The molecule has 1 amide bonds. The van der Waals surface area contributed by atoms with Gasteiger partial charge in [0.2, 0.25) is 0 Å². The topological polar surface area (TPSA) is 114 Å². The van der Waals surface area contributed by atoms with Gasteiger partial charge in [0, 0.05) is 22.6 Å². The van der Waals surface area contributed by atoms with Crippen LogP contribution in [-0.2, 0) is 4.79 Å². The molecule has 0 bridgehead atoms. The first-order valence-corrected chi connectivity index (χ1v) is 14.2. The van der Waals surface area contributed by atoms with Gasteiger partial charge in [-0.25, -0.2) is 9.36 Å². The molecule has 0 aliphatic carbocycles. The van der Waals surface area contributed by atoms with Crippen molar-refractivity contribution in [2.45, 2.75) is 19.8 Å². The Morgan fingerprint density at radius 2 is 1.14 bits per heavy atom. The number of para-hydroxylation sites is 4. The Balaban J connectivity index is 1.48. The molecule has 0 fully saturated rings. The van der Waals surface area contributed by atoms with Gasteiger partial charge in [-0.05, 0) is 56.3 Å². The van der Waals surface area contributed by atoms with Crippen LogP contribution in [0.1, 0.15) is 34.0 Å². The van der Waals surface area contributed by atoms with Crippen molar-refractivity contribution in [3.63, 3.8) is 0 Å². The van der Waals surface area contributed by atoms with Gasteiger partial charge in [0.25, 0.3) is 17.0 Å². The number of aryl methyl sites for hydroxylation is 2. The molecule has 0 aliphatic rings. The largest absolute Gasteiger partial charge is 0.483 e. The van der Waals surface area contributed by atoms with E-state index in [1.54, 1.807) is 24.3 Å². The van der Waals surface area contributed by atoms with Gasteiger partial charge in [-0.15, -0.1) is 0 Å². The summed E-state index contributed by atoms with van der Waals surface area (Å²) in [7, 11) is 0. The molecule has 4 aromatic carbocycles. The average molecular weight is 586 g/mol. The van der Waals surface area contributed by atoms with Crippen LogP contribution in [0.4, 0.5) is 5.69 Å². The van der Waals surface area contributed by atoms with E-state index in [0.717, 1.165) is 0 Å². The maximum absolute atomic E-state index is 14.2. The van der Waals surface area contributed by atoms with Gasteiger partial charge >= 0.3 is 0 Å². The second-order valence-electron chi connectivity index (χ2n) is 10.4. The van der Waals surface area contributed by atoms with Crippen molar-refractivity contribution in [2.75, 3.05) is 11.9 Å². The molecule has 0 aliphatic heterocycles. The zero-order valence-corrected chi connectivity index (χ0v) is 24.3. The zero-order valence-electron chi connectivity index (χ0n) is 24.3. The number of nitrogens with one attached hydrogen (secondary N) is 3. The zero-order chi connectivity index (χ0) is 30.6. The lowest BCUT2D eigenvalue weighted by atomic mass is 9.84. The quantitative estimate of drug-likeness (QED) is 0.209. The molecule has 0 spiro atoms. The van der Waals surface area contributed by atoms with Crippen molar-refractivity contribution in [1.29, 1.82) is 0 Å². The Kier molecular flexibility index (Phi) is 7.84. The molecule has 3 N–H and O–H groups in total. The highest BCUT2D eigenvalue weighted by Gasteiger charge is 2.32. The Morgan fingerprint density at radius 1 is 0.682 bits per heavy atom. The minimum atomic E-state index is -0.814. The van der Waals surface area contributed by atoms with Crippen LogP contribution in [0.5, 0.6) is 5.75 Å². The summed E-state index contributed by atoms with van der Waals surface area (Å²) in [6.45, 7) is 3.37. The number of carbonyl (C=O) groups excluding carboxylic acids is 1. The van der Waals surface area contributed by atoms with Crippen molar-refractivity contribution in [3.05, 3.63) is 164 Å². The predicted octanol–water partition coefficient (Wildman–Crippen LogP) is 5.46. The summed E-state index contributed by atoms with van der Waals surface area (Å²) in [5.41, 5.74) is 4.00. The molecule has 0 unspecified atom stereocenters. The number of rotatable bonds is 9. The van der Waals surface area contributed by atoms with Crippen molar-refractivity contribution in [1.82, 2.24) is 19.6 Å². The van der Waals surface area contributed by atoms with Crippen LogP contribution in [0.25, 0.3) is 11.4 Å². The summed E-state index contributed by atoms with van der Waals surface area (Å²) in [5.74, 6) is -0.764. The lowest BCUT2D eigenvalue weighted by Crippen LogP contribution is -2.26.